The van der Waals surface area contributed by atoms with Gasteiger partial charge in [-0.15, -0.1) is 0 Å². The molecule has 0 aliphatic heterocycles. The van der Waals surface area contributed by atoms with Crippen LogP contribution in [0.5, 0.6) is 5.75 Å². The lowest BCUT2D eigenvalue weighted by molar-refractivity contribution is 0.0998. The smallest absolute Gasteiger partial charge is 0.274 e. The topological polar surface area (TPSA) is 73.2 Å². The van der Waals surface area contributed by atoms with Crippen LogP contribution in [-0.2, 0) is 6.73 Å². The number of Topliss-reactive ketones (excluding diaryl/α,β-unsaturated/α-hetero) is 1. The number of nitrogens with zero attached hydrogens (tertiary/aromatic N) is 2. The summed E-state index contributed by atoms with van der Waals surface area (Å²) in [5, 5.41) is 7.35. The lowest BCUT2D eigenvalue weighted by Gasteiger charge is -2.11. The molecule has 0 aliphatic carbocycles. The molecule has 1 amide bonds. The third-order valence-corrected chi connectivity index (χ3v) is 3.99. The molecule has 0 atom stereocenters. The minimum Gasteiger partial charge on any atom is -0.470 e. The summed E-state index contributed by atoms with van der Waals surface area (Å²) in [5.74, 6) is 0.148. The number of rotatable bonds is 6. The molecule has 6 nitrogen and oxygen atoms in total. The summed E-state index contributed by atoms with van der Waals surface area (Å²) in [5.41, 5.74) is 1.51. The number of para-hydroxylation sites is 1. The molecule has 0 saturated carbocycles. The van der Waals surface area contributed by atoms with Crippen molar-refractivity contribution in [2.24, 2.45) is 0 Å². The van der Waals surface area contributed by atoms with Crippen molar-refractivity contribution in [1.29, 1.82) is 0 Å². The van der Waals surface area contributed by atoms with Crippen molar-refractivity contribution in [2.45, 2.75) is 13.7 Å². The average molecular weight is 370 g/mol. The van der Waals surface area contributed by atoms with Gasteiger partial charge in [0.25, 0.3) is 5.91 Å². The first-order valence-electron chi connectivity index (χ1n) is 7.86. The molecule has 1 heterocycles. The number of hydrogen-bond acceptors (Lipinski definition) is 4. The number of ether oxygens (including phenoxy) is 1. The molecule has 0 fully saturated rings. The van der Waals surface area contributed by atoms with Gasteiger partial charge in [0.1, 0.15) is 11.4 Å². The lowest BCUT2D eigenvalue weighted by atomic mass is 10.1. The summed E-state index contributed by atoms with van der Waals surface area (Å²) in [7, 11) is 0. The van der Waals surface area contributed by atoms with E-state index < -0.39 is 0 Å². The largest absolute Gasteiger partial charge is 0.470 e. The van der Waals surface area contributed by atoms with Crippen molar-refractivity contribution in [1.82, 2.24) is 9.78 Å². The maximum atomic E-state index is 12.5. The van der Waals surface area contributed by atoms with E-state index in [1.807, 2.05) is 6.07 Å². The third kappa shape index (κ3) is 4.10. The number of hydrogen-bond donors (Lipinski definition) is 1. The summed E-state index contributed by atoms with van der Waals surface area (Å²) in [4.78, 5) is 23.8. The summed E-state index contributed by atoms with van der Waals surface area (Å²) < 4.78 is 7.05. The van der Waals surface area contributed by atoms with Crippen molar-refractivity contribution in [2.75, 3.05) is 5.32 Å². The van der Waals surface area contributed by atoms with Gasteiger partial charge < -0.3 is 10.1 Å². The Bertz CT molecular complexity index is 935. The van der Waals surface area contributed by atoms with E-state index in [9.17, 15) is 9.59 Å². The summed E-state index contributed by atoms with van der Waals surface area (Å²) in [6.07, 6.45) is 1.52. The SMILES string of the molecule is CC(=O)c1ccc(NC(=O)c2ccnn2COc2ccccc2Cl)cc1. The summed E-state index contributed by atoms with van der Waals surface area (Å²) in [6, 6.07) is 15.3. The van der Waals surface area contributed by atoms with Crippen LogP contribution in [0, 0.1) is 0 Å². The van der Waals surface area contributed by atoms with E-state index in [1.54, 1.807) is 48.5 Å². The molecular weight excluding hydrogens is 354 g/mol. The van der Waals surface area contributed by atoms with Crippen LogP contribution in [0.2, 0.25) is 5.02 Å². The van der Waals surface area contributed by atoms with Crippen LogP contribution in [0.3, 0.4) is 0 Å². The fourth-order valence-electron chi connectivity index (χ4n) is 2.30. The second-order valence-electron chi connectivity index (χ2n) is 5.51. The first kappa shape index (κ1) is 17.7. The molecule has 0 unspecified atom stereocenters. The van der Waals surface area contributed by atoms with E-state index in [2.05, 4.69) is 10.4 Å². The van der Waals surface area contributed by atoms with Crippen LogP contribution < -0.4 is 10.1 Å². The van der Waals surface area contributed by atoms with E-state index in [0.717, 1.165) is 0 Å². The van der Waals surface area contributed by atoms with Crippen LogP contribution in [-0.4, -0.2) is 21.5 Å². The fourth-order valence-corrected chi connectivity index (χ4v) is 2.49. The van der Waals surface area contributed by atoms with Crippen molar-refractivity contribution >= 4 is 29.0 Å². The average Bonchev–Trinajstić information content (AvgIpc) is 3.10. The second kappa shape index (κ2) is 7.84. The molecule has 3 aromatic rings. The molecule has 0 spiro atoms. The van der Waals surface area contributed by atoms with E-state index >= 15 is 0 Å². The highest BCUT2D eigenvalue weighted by molar-refractivity contribution is 6.32. The highest BCUT2D eigenvalue weighted by Crippen LogP contribution is 2.23. The van der Waals surface area contributed by atoms with E-state index in [-0.39, 0.29) is 18.4 Å². The molecule has 7 heteroatoms. The standard InChI is InChI=1S/C19H16ClN3O3/c1-13(24)14-6-8-15(9-7-14)22-19(25)17-10-11-21-23(17)12-26-18-5-3-2-4-16(18)20/h2-11H,12H2,1H3,(H,22,25). The molecular formula is C19H16ClN3O3. The van der Waals surface area contributed by atoms with Crippen molar-refractivity contribution in [3.63, 3.8) is 0 Å². The highest BCUT2D eigenvalue weighted by Gasteiger charge is 2.13. The molecule has 0 radical (unpaired) electrons. The monoisotopic (exact) mass is 369 g/mol. The predicted molar refractivity (Wildman–Crippen MR) is 98.7 cm³/mol. The second-order valence-corrected chi connectivity index (χ2v) is 5.91. The first-order chi connectivity index (χ1) is 12.5. The van der Waals surface area contributed by atoms with Gasteiger partial charge in [0.2, 0.25) is 0 Å². The molecule has 3 rings (SSSR count). The molecule has 2 aromatic carbocycles. The third-order valence-electron chi connectivity index (χ3n) is 3.68. The predicted octanol–water partition coefficient (Wildman–Crippen LogP) is 4.03. The Labute approximate surface area is 155 Å². The Balaban J connectivity index is 1.68. The summed E-state index contributed by atoms with van der Waals surface area (Å²) >= 11 is 6.05. The fraction of sp³-hybridized carbons (Fsp3) is 0.105. The lowest BCUT2D eigenvalue weighted by Crippen LogP contribution is -2.19. The summed E-state index contributed by atoms with van der Waals surface area (Å²) in [6.45, 7) is 1.54. The molecule has 1 aromatic heterocycles. The minimum atomic E-state index is -0.333. The maximum Gasteiger partial charge on any atom is 0.274 e. The van der Waals surface area contributed by atoms with Crippen LogP contribution in [0.25, 0.3) is 0 Å². The Hall–Kier alpha value is -3.12. The minimum absolute atomic E-state index is 0.0299. The van der Waals surface area contributed by atoms with E-state index in [0.29, 0.717) is 27.7 Å². The van der Waals surface area contributed by atoms with Gasteiger partial charge >= 0.3 is 0 Å². The van der Waals surface area contributed by atoms with Crippen molar-refractivity contribution in [3.05, 3.63) is 77.1 Å². The number of carbonyl (C=O) groups is 2. The van der Waals surface area contributed by atoms with Gasteiger partial charge in [0.15, 0.2) is 12.5 Å². The van der Waals surface area contributed by atoms with Gasteiger partial charge in [-0.1, -0.05) is 23.7 Å². The van der Waals surface area contributed by atoms with Gasteiger partial charge in [-0.25, -0.2) is 4.68 Å². The van der Waals surface area contributed by atoms with Gasteiger partial charge in [-0.2, -0.15) is 5.10 Å². The van der Waals surface area contributed by atoms with Gasteiger partial charge in [0.05, 0.1) is 5.02 Å². The van der Waals surface area contributed by atoms with Crippen LogP contribution in [0.4, 0.5) is 5.69 Å². The molecule has 1 N–H and O–H groups in total. The Morgan fingerprint density at radius 2 is 1.85 bits per heavy atom. The van der Waals surface area contributed by atoms with Crippen LogP contribution >= 0.6 is 11.6 Å². The molecule has 132 valence electrons. The number of halogens is 1. The highest BCUT2D eigenvalue weighted by atomic mass is 35.5. The number of benzene rings is 2. The molecule has 0 aliphatic rings. The van der Waals surface area contributed by atoms with Crippen LogP contribution in [0.15, 0.2) is 60.8 Å². The number of aromatic nitrogens is 2. The van der Waals surface area contributed by atoms with Crippen LogP contribution in [0.1, 0.15) is 27.8 Å². The number of amides is 1. The van der Waals surface area contributed by atoms with Crippen molar-refractivity contribution < 1.29 is 14.3 Å². The number of nitrogens with one attached hydrogen (secondary N) is 1. The number of carbonyl (C=O) groups excluding carboxylic acids is 2. The zero-order valence-electron chi connectivity index (χ0n) is 14.0. The molecule has 26 heavy (non-hydrogen) atoms. The van der Waals surface area contributed by atoms with Gasteiger partial charge in [-0.05, 0) is 49.4 Å². The van der Waals surface area contributed by atoms with Gasteiger partial charge in [0, 0.05) is 17.4 Å². The molecule has 0 bridgehead atoms. The Kier molecular flexibility index (Phi) is 5.34. The normalized spacial score (nSPS) is 10.4. The number of ketones is 1. The number of anilines is 1. The Morgan fingerprint density at radius 1 is 1.12 bits per heavy atom. The quantitative estimate of drug-likeness (QED) is 0.666. The van der Waals surface area contributed by atoms with Crippen molar-refractivity contribution in [3.8, 4) is 5.75 Å². The Morgan fingerprint density at radius 3 is 2.54 bits per heavy atom. The first-order valence-corrected chi connectivity index (χ1v) is 8.24. The zero-order chi connectivity index (χ0) is 18.5. The zero-order valence-corrected chi connectivity index (χ0v) is 14.7. The van der Waals surface area contributed by atoms with E-state index in [1.165, 1.54) is 17.8 Å². The van der Waals surface area contributed by atoms with Gasteiger partial charge in [-0.3, -0.25) is 9.59 Å². The maximum absolute atomic E-state index is 12.5. The molecule has 0 saturated heterocycles. The van der Waals surface area contributed by atoms with E-state index in [4.69, 9.17) is 16.3 Å².